The van der Waals surface area contributed by atoms with Crippen LogP contribution in [0, 0.1) is 0 Å². The number of carbonyl (C=O) groups excluding carboxylic acids is 2. The van der Waals surface area contributed by atoms with Crippen LogP contribution in [0.25, 0.3) is 0 Å². The number of alkyl halides is 1. The summed E-state index contributed by atoms with van der Waals surface area (Å²) in [6.07, 6.45) is 0. The van der Waals surface area contributed by atoms with Crippen LogP contribution >= 0.6 is 22.6 Å². The molecule has 2 N–H and O–H groups in total. The molecular weight excluding hydrogens is 359 g/mol. The monoisotopic (exact) mass is 376 g/mol. The molecule has 1 atom stereocenters. The van der Waals surface area contributed by atoms with Crippen LogP contribution in [0.15, 0.2) is 30.3 Å². The Balaban J connectivity index is 2.86. The molecule has 5 nitrogen and oxygen atoms in total. The van der Waals surface area contributed by atoms with E-state index in [9.17, 15) is 14.7 Å². The van der Waals surface area contributed by atoms with E-state index in [0.29, 0.717) is 11.1 Å². The zero-order valence-corrected chi connectivity index (χ0v) is 12.8. The van der Waals surface area contributed by atoms with Gasteiger partial charge in [-0.15, -0.1) is 0 Å². The number of aliphatic hydroxyl groups excluding tert-OH is 1. The molecule has 0 heterocycles. The highest BCUT2D eigenvalue weighted by Crippen LogP contribution is 2.09. The number of hydrogen-bond donors (Lipinski definition) is 2. The predicted octanol–water partition coefficient (Wildman–Crippen LogP) is 0.905. The molecule has 0 spiro atoms. The Labute approximate surface area is 126 Å². The van der Waals surface area contributed by atoms with E-state index < -0.39 is 12.6 Å². The van der Waals surface area contributed by atoms with Crippen LogP contribution in [0.4, 0.5) is 0 Å². The smallest absolute Gasteiger partial charge is 0.245 e. The molecule has 2 amide bonds. The maximum atomic E-state index is 11.8. The highest BCUT2D eigenvalue weighted by atomic mass is 127. The number of hydrogen-bond acceptors (Lipinski definition) is 3. The van der Waals surface area contributed by atoms with Crippen molar-refractivity contribution in [1.29, 1.82) is 0 Å². The lowest BCUT2D eigenvalue weighted by molar-refractivity contribution is -0.141. The van der Waals surface area contributed by atoms with Gasteiger partial charge in [-0.05, 0) is 5.56 Å². The Hall–Kier alpha value is -1.15. The maximum absolute atomic E-state index is 11.8. The zero-order valence-electron chi connectivity index (χ0n) is 10.7. The number of halogens is 1. The summed E-state index contributed by atoms with van der Waals surface area (Å²) in [7, 11) is 0. The standard InChI is InChI=1S/C13H17IN2O3/c1-10(18)16(7-11-5-3-2-4-6-11)12(8-17)13(19)15-9-14/h2-6,12,17H,7-9H2,1H3,(H,15,19)/t12-/m1/s1. The van der Waals surface area contributed by atoms with Crippen molar-refractivity contribution in [3.8, 4) is 0 Å². The second kappa shape index (κ2) is 8.11. The van der Waals surface area contributed by atoms with Gasteiger partial charge in [0.25, 0.3) is 0 Å². The molecule has 0 aliphatic carbocycles. The normalized spacial score (nSPS) is 11.7. The van der Waals surface area contributed by atoms with Crippen LogP contribution in [-0.4, -0.2) is 39.0 Å². The second-order valence-electron chi connectivity index (χ2n) is 4.01. The Morgan fingerprint density at radius 1 is 1.37 bits per heavy atom. The van der Waals surface area contributed by atoms with Crippen molar-refractivity contribution >= 4 is 34.4 Å². The van der Waals surface area contributed by atoms with Crippen molar-refractivity contribution < 1.29 is 14.7 Å². The molecule has 19 heavy (non-hydrogen) atoms. The van der Waals surface area contributed by atoms with Gasteiger partial charge in [0.15, 0.2) is 0 Å². The van der Waals surface area contributed by atoms with Crippen molar-refractivity contribution in [3.05, 3.63) is 35.9 Å². The van der Waals surface area contributed by atoms with Crippen molar-refractivity contribution in [2.45, 2.75) is 19.5 Å². The lowest BCUT2D eigenvalue weighted by Gasteiger charge is -2.28. The molecule has 6 heteroatoms. The summed E-state index contributed by atoms with van der Waals surface area (Å²) < 4.78 is 0.435. The highest BCUT2D eigenvalue weighted by Gasteiger charge is 2.26. The average molecular weight is 376 g/mol. The SMILES string of the molecule is CC(=O)N(Cc1ccccc1)[C@H](CO)C(=O)NCI. The molecule has 0 aliphatic heterocycles. The molecule has 1 rings (SSSR count). The number of benzene rings is 1. The highest BCUT2D eigenvalue weighted by molar-refractivity contribution is 14.1. The van der Waals surface area contributed by atoms with Gasteiger partial charge in [-0.25, -0.2) is 0 Å². The Kier molecular flexibility index (Phi) is 6.79. The Morgan fingerprint density at radius 2 is 2.00 bits per heavy atom. The minimum atomic E-state index is -0.854. The van der Waals surface area contributed by atoms with Gasteiger partial charge in [-0.1, -0.05) is 52.9 Å². The molecule has 0 radical (unpaired) electrons. The minimum absolute atomic E-state index is 0.244. The predicted molar refractivity (Wildman–Crippen MR) is 80.6 cm³/mol. The fourth-order valence-electron chi connectivity index (χ4n) is 1.73. The minimum Gasteiger partial charge on any atom is -0.394 e. The molecule has 0 bridgehead atoms. The summed E-state index contributed by atoms with van der Waals surface area (Å²) >= 11 is 2.00. The van der Waals surface area contributed by atoms with E-state index in [1.165, 1.54) is 11.8 Å². The first kappa shape index (κ1) is 15.9. The first-order valence-electron chi connectivity index (χ1n) is 5.85. The largest absolute Gasteiger partial charge is 0.394 e. The summed E-state index contributed by atoms with van der Waals surface area (Å²) in [5.74, 6) is -0.588. The van der Waals surface area contributed by atoms with E-state index in [-0.39, 0.29) is 11.8 Å². The van der Waals surface area contributed by atoms with E-state index in [1.807, 2.05) is 52.9 Å². The van der Waals surface area contributed by atoms with E-state index in [2.05, 4.69) is 5.32 Å². The summed E-state index contributed by atoms with van der Waals surface area (Å²) in [5.41, 5.74) is 0.915. The van der Waals surface area contributed by atoms with Gasteiger partial charge in [0.2, 0.25) is 11.8 Å². The average Bonchev–Trinajstić information content (AvgIpc) is 2.40. The summed E-state index contributed by atoms with van der Waals surface area (Å²) in [4.78, 5) is 24.9. The number of nitrogens with one attached hydrogen (secondary N) is 1. The lowest BCUT2D eigenvalue weighted by Crippen LogP contribution is -2.50. The summed E-state index contributed by atoms with van der Waals surface area (Å²) in [6, 6.07) is 8.52. The van der Waals surface area contributed by atoms with Crippen molar-refractivity contribution in [1.82, 2.24) is 10.2 Å². The van der Waals surface area contributed by atoms with E-state index in [0.717, 1.165) is 5.56 Å². The number of aliphatic hydroxyl groups is 1. The molecule has 104 valence electrons. The molecule has 0 fully saturated rings. The molecule has 1 aromatic carbocycles. The maximum Gasteiger partial charge on any atom is 0.245 e. The van der Waals surface area contributed by atoms with Crippen LogP contribution in [0.5, 0.6) is 0 Å². The quantitative estimate of drug-likeness (QED) is 0.441. The Morgan fingerprint density at radius 3 is 2.47 bits per heavy atom. The van der Waals surface area contributed by atoms with Crippen LogP contribution < -0.4 is 5.32 Å². The summed E-state index contributed by atoms with van der Waals surface area (Å²) in [5, 5.41) is 12.0. The van der Waals surface area contributed by atoms with Gasteiger partial charge in [0.1, 0.15) is 6.04 Å². The first-order valence-corrected chi connectivity index (χ1v) is 7.38. The third-order valence-corrected chi connectivity index (χ3v) is 3.07. The van der Waals surface area contributed by atoms with Crippen LogP contribution in [0.1, 0.15) is 12.5 Å². The number of carbonyl (C=O) groups is 2. The van der Waals surface area contributed by atoms with Crippen molar-refractivity contribution in [2.75, 3.05) is 11.2 Å². The third kappa shape index (κ3) is 4.79. The molecule has 1 aromatic rings. The number of nitrogens with zero attached hydrogens (tertiary/aromatic N) is 1. The lowest BCUT2D eigenvalue weighted by atomic mass is 10.1. The molecular formula is C13H17IN2O3. The van der Waals surface area contributed by atoms with Gasteiger partial charge < -0.3 is 15.3 Å². The summed E-state index contributed by atoms with van der Waals surface area (Å²) in [6.45, 7) is 1.30. The number of rotatable bonds is 6. The van der Waals surface area contributed by atoms with Crippen molar-refractivity contribution in [2.24, 2.45) is 0 Å². The third-order valence-electron chi connectivity index (χ3n) is 2.69. The fraction of sp³-hybridized carbons (Fsp3) is 0.385. The molecule has 0 saturated heterocycles. The van der Waals surface area contributed by atoms with Crippen molar-refractivity contribution in [3.63, 3.8) is 0 Å². The van der Waals surface area contributed by atoms with Gasteiger partial charge in [0, 0.05) is 13.5 Å². The van der Waals surface area contributed by atoms with Gasteiger partial charge >= 0.3 is 0 Å². The van der Waals surface area contributed by atoms with Gasteiger partial charge in [0.05, 0.1) is 11.2 Å². The van der Waals surface area contributed by atoms with Crippen LogP contribution in [0.2, 0.25) is 0 Å². The van der Waals surface area contributed by atoms with Gasteiger partial charge in [-0.3, -0.25) is 9.59 Å². The fourth-order valence-corrected chi connectivity index (χ4v) is 2.10. The topological polar surface area (TPSA) is 69.6 Å². The second-order valence-corrected chi connectivity index (χ2v) is 4.77. The Bertz CT molecular complexity index is 425. The molecule has 0 unspecified atom stereocenters. The van der Waals surface area contributed by atoms with Crippen LogP contribution in [0.3, 0.4) is 0 Å². The zero-order chi connectivity index (χ0) is 14.3. The number of amides is 2. The van der Waals surface area contributed by atoms with Crippen LogP contribution in [-0.2, 0) is 16.1 Å². The molecule has 0 saturated carbocycles. The molecule has 0 aliphatic rings. The van der Waals surface area contributed by atoms with E-state index in [4.69, 9.17) is 0 Å². The van der Waals surface area contributed by atoms with E-state index >= 15 is 0 Å². The van der Waals surface area contributed by atoms with Gasteiger partial charge in [-0.2, -0.15) is 0 Å². The molecule has 0 aromatic heterocycles. The first-order chi connectivity index (χ1) is 9.10. The van der Waals surface area contributed by atoms with E-state index in [1.54, 1.807) is 0 Å².